The van der Waals surface area contributed by atoms with Crippen LogP contribution in [0.15, 0.2) is 42.5 Å². The molecule has 0 saturated heterocycles. The van der Waals surface area contributed by atoms with E-state index in [4.69, 9.17) is 21.1 Å². The molecule has 0 bridgehead atoms. The molecule has 0 aliphatic heterocycles. The van der Waals surface area contributed by atoms with Gasteiger partial charge in [0.2, 0.25) is 5.91 Å². The fourth-order valence-electron chi connectivity index (χ4n) is 2.06. The van der Waals surface area contributed by atoms with Gasteiger partial charge < -0.3 is 14.8 Å². The minimum absolute atomic E-state index is 0.00393. The van der Waals surface area contributed by atoms with Gasteiger partial charge in [0, 0.05) is 23.4 Å². The first-order chi connectivity index (χ1) is 11.6. The van der Waals surface area contributed by atoms with Crippen LogP contribution in [0, 0.1) is 0 Å². The number of methoxy groups -OCH3 is 2. The van der Waals surface area contributed by atoms with Crippen molar-refractivity contribution in [3.05, 3.63) is 58.6 Å². The number of amides is 1. The largest absolute Gasteiger partial charge is 0.497 e. The first-order valence-corrected chi connectivity index (χ1v) is 8.95. The van der Waals surface area contributed by atoms with E-state index in [-0.39, 0.29) is 5.91 Å². The smallest absolute Gasteiger partial charge is 0.230 e. The number of carbonyl (C=O) groups is 1. The highest BCUT2D eigenvalue weighted by atomic mass is 35.5. The molecule has 0 spiro atoms. The van der Waals surface area contributed by atoms with E-state index >= 15 is 0 Å². The monoisotopic (exact) mass is 365 g/mol. The lowest BCUT2D eigenvalue weighted by Crippen LogP contribution is -2.24. The molecule has 1 N–H and O–H groups in total. The molecule has 6 heteroatoms. The zero-order valence-electron chi connectivity index (χ0n) is 13.7. The molecule has 0 saturated carbocycles. The van der Waals surface area contributed by atoms with Crippen molar-refractivity contribution in [2.75, 3.05) is 20.0 Å². The molecule has 0 aliphatic rings. The summed E-state index contributed by atoms with van der Waals surface area (Å²) < 4.78 is 10.4. The van der Waals surface area contributed by atoms with Crippen molar-refractivity contribution in [3.8, 4) is 11.5 Å². The summed E-state index contributed by atoms with van der Waals surface area (Å²) in [6.07, 6.45) is 0. The predicted molar refractivity (Wildman–Crippen MR) is 99.0 cm³/mol. The molecule has 2 aromatic carbocycles. The van der Waals surface area contributed by atoms with Crippen molar-refractivity contribution in [2.24, 2.45) is 0 Å². The minimum atomic E-state index is -0.00393. The lowest BCUT2D eigenvalue weighted by atomic mass is 10.2. The Hall–Kier alpha value is -1.85. The van der Waals surface area contributed by atoms with Gasteiger partial charge in [0.05, 0.1) is 20.0 Å². The summed E-state index contributed by atoms with van der Waals surface area (Å²) in [7, 11) is 3.20. The van der Waals surface area contributed by atoms with E-state index in [1.807, 2.05) is 36.4 Å². The van der Waals surface area contributed by atoms with Gasteiger partial charge in [-0.1, -0.05) is 23.7 Å². The lowest BCUT2D eigenvalue weighted by Gasteiger charge is -2.09. The van der Waals surface area contributed by atoms with Gasteiger partial charge in [-0.2, -0.15) is 0 Å². The number of ether oxygens (including phenoxy) is 2. The van der Waals surface area contributed by atoms with E-state index in [1.165, 1.54) is 0 Å². The van der Waals surface area contributed by atoms with Crippen molar-refractivity contribution < 1.29 is 14.3 Å². The number of hydrogen-bond donors (Lipinski definition) is 1. The third kappa shape index (κ3) is 5.98. The van der Waals surface area contributed by atoms with Crippen LogP contribution in [0.5, 0.6) is 11.5 Å². The Balaban J connectivity index is 1.77. The zero-order valence-corrected chi connectivity index (χ0v) is 15.2. The Morgan fingerprint density at radius 3 is 2.25 bits per heavy atom. The Bertz CT molecular complexity index is 654. The summed E-state index contributed by atoms with van der Waals surface area (Å²) in [5, 5.41) is 3.62. The van der Waals surface area contributed by atoms with Crippen LogP contribution >= 0.6 is 23.4 Å². The van der Waals surface area contributed by atoms with Gasteiger partial charge in [-0.15, -0.1) is 11.8 Å². The van der Waals surface area contributed by atoms with Gasteiger partial charge in [0.15, 0.2) is 0 Å². The third-order valence-corrected chi connectivity index (χ3v) is 4.57. The summed E-state index contributed by atoms with van der Waals surface area (Å²) in [5.41, 5.74) is 2.08. The molecule has 2 rings (SSSR count). The zero-order chi connectivity index (χ0) is 17.4. The fraction of sp³-hybridized carbons (Fsp3) is 0.278. The van der Waals surface area contributed by atoms with Crippen LogP contribution in [0.4, 0.5) is 0 Å². The molecule has 0 unspecified atom stereocenters. The van der Waals surface area contributed by atoms with Crippen molar-refractivity contribution in [3.63, 3.8) is 0 Å². The quantitative estimate of drug-likeness (QED) is 0.770. The standard InChI is InChI=1S/C18H20ClNO3S/c1-22-16-7-14(8-17(9-16)23-2)10-20-18(21)12-24-11-13-3-5-15(19)6-4-13/h3-9H,10-12H2,1-2H3,(H,20,21). The maximum absolute atomic E-state index is 12.0. The van der Waals surface area contributed by atoms with Crippen LogP contribution < -0.4 is 14.8 Å². The molecule has 24 heavy (non-hydrogen) atoms. The number of thioether (sulfide) groups is 1. The van der Waals surface area contributed by atoms with Gasteiger partial charge in [-0.3, -0.25) is 4.79 Å². The van der Waals surface area contributed by atoms with Crippen LogP contribution in [0.2, 0.25) is 5.02 Å². The maximum atomic E-state index is 12.0. The maximum Gasteiger partial charge on any atom is 0.230 e. The number of rotatable bonds is 8. The normalized spacial score (nSPS) is 10.3. The Labute approximate surface area is 151 Å². The first kappa shape index (κ1) is 18.5. The highest BCUT2D eigenvalue weighted by Crippen LogP contribution is 2.22. The second-order valence-electron chi connectivity index (χ2n) is 5.12. The summed E-state index contributed by atoms with van der Waals surface area (Å²) in [5.74, 6) is 2.59. The SMILES string of the molecule is COc1cc(CNC(=O)CSCc2ccc(Cl)cc2)cc(OC)c1. The highest BCUT2D eigenvalue weighted by molar-refractivity contribution is 7.99. The van der Waals surface area contributed by atoms with Crippen molar-refractivity contribution >= 4 is 29.3 Å². The van der Waals surface area contributed by atoms with Crippen molar-refractivity contribution in [1.29, 1.82) is 0 Å². The van der Waals surface area contributed by atoms with E-state index < -0.39 is 0 Å². The van der Waals surface area contributed by atoms with Gasteiger partial charge in [-0.25, -0.2) is 0 Å². The number of benzene rings is 2. The van der Waals surface area contributed by atoms with Crippen molar-refractivity contribution in [1.82, 2.24) is 5.32 Å². The summed E-state index contributed by atoms with van der Waals surface area (Å²) in [4.78, 5) is 12.0. The summed E-state index contributed by atoms with van der Waals surface area (Å²) in [6, 6.07) is 13.2. The molecule has 0 aliphatic carbocycles. The molecule has 0 heterocycles. The molecule has 4 nitrogen and oxygen atoms in total. The average molecular weight is 366 g/mol. The van der Waals surface area contributed by atoms with Crippen LogP contribution in [0.3, 0.4) is 0 Å². The van der Waals surface area contributed by atoms with Crippen LogP contribution in [-0.2, 0) is 17.1 Å². The second-order valence-corrected chi connectivity index (χ2v) is 6.54. The van der Waals surface area contributed by atoms with Crippen LogP contribution in [0.25, 0.3) is 0 Å². The lowest BCUT2D eigenvalue weighted by molar-refractivity contribution is -0.118. The molecule has 0 aromatic heterocycles. The van der Waals surface area contributed by atoms with E-state index in [1.54, 1.807) is 32.0 Å². The van der Waals surface area contributed by atoms with Crippen molar-refractivity contribution in [2.45, 2.75) is 12.3 Å². The molecule has 2 aromatic rings. The van der Waals surface area contributed by atoms with Crippen LogP contribution in [0.1, 0.15) is 11.1 Å². The summed E-state index contributed by atoms with van der Waals surface area (Å²) in [6.45, 7) is 0.438. The van der Waals surface area contributed by atoms with Crippen LogP contribution in [-0.4, -0.2) is 25.9 Å². The van der Waals surface area contributed by atoms with E-state index in [0.717, 1.165) is 21.9 Å². The number of carbonyl (C=O) groups excluding carboxylic acids is 1. The molecule has 0 atom stereocenters. The Kier molecular flexibility index (Phi) is 7.28. The molecule has 1 amide bonds. The molecular formula is C18H20ClNO3S. The van der Waals surface area contributed by atoms with E-state index in [2.05, 4.69) is 5.32 Å². The summed E-state index contributed by atoms with van der Waals surface area (Å²) >= 11 is 7.42. The number of nitrogens with one attached hydrogen (secondary N) is 1. The van der Waals surface area contributed by atoms with E-state index in [9.17, 15) is 4.79 Å². The molecule has 0 radical (unpaired) electrons. The van der Waals surface area contributed by atoms with Gasteiger partial charge in [0.25, 0.3) is 0 Å². The minimum Gasteiger partial charge on any atom is -0.497 e. The number of halogens is 1. The van der Waals surface area contributed by atoms with Gasteiger partial charge in [-0.05, 0) is 35.4 Å². The topological polar surface area (TPSA) is 47.6 Å². The van der Waals surface area contributed by atoms with Gasteiger partial charge >= 0.3 is 0 Å². The number of hydrogen-bond acceptors (Lipinski definition) is 4. The Morgan fingerprint density at radius 1 is 1.04 bits per heavy atom. The highest BCUT2D eigenvalue weighted by Gasteiger charge is 2.05. The molecular weight excluding hydrogens is 346 g/mol. The van der Waals surface area contributed by atoms with Gasteiger partial charge in [0.1, 0.15) is 11.5 Å². The molecule has 128 valence electrons. The first-order valence-electron chi connectivity index (χ1n) is 7.41. The third-order valence-electron chi connectivity index (χ3n) is 3.32. The predicted octanol–water partition coefficient (Wildman–Crippen LogP) is 3.91. The fourth-order valence-corrected chi connectivity index (χ4v) is 3.01. The Morgan fingerprint density at radius 2 is 1.67 bits per heavy atom. The molecule has 0 fully saturated rings. The van der Waals surface area contributed by atoms with E-state index in [0.29, 0.717) is 23.8 Å². The average Bonchev–Trinajstić information content (AvgIpc) is 2.61. The second kappa shape index (κ2) is 9.45.